The van der Waals surface area contributed by atoms with Crippen molar-refractivity contribution in [3.8, 4) is 39.9 Å². The fraction of sp³-hybridized carbons (Fsp3) is 0.129. The Hall–Kier alpha value is -5.71. The highest BCUT2D eigenvalue weighted by atomic mass is 16.5. The van der Waals surface area contributed by atoms with Crippen LogP contribution in [0, 0.1) is 6.92 Å². The van der Waals surface area contributed by atoms with Gasteiger partial charge in [-0.1, -0.05) is 24.8 Å². The van der Waals surface area contributed by atoms with E-state index in [0.29, 0.717) is 28.1 Å². The molecule has 2 amide bonds. The van der Waals surface area contributed by atoms with Gasteiger partial charge in [-0.25, -0.2) is 15.0 Å². The van der Waals surface area contributed by atoms with E-state index < -0.39 is 5.91 Å². The molecule has 0 radical (unpaired) electrons. The number of ether oxygens (including phenoxy) is 2. The fourth-order valence-corrected chi connectivity index (χ4v) is 4.90. The molecule has 0 saturated heterocycles. The second-order valence-corrected chi connectivity index (χ2v) is 9.54. The number of nitrogen functional groups attached to an aromatic ring is 1. The third-order valence-electron chi connectivity index (χ3n) is 6.72. The molecule has 0 saturated carbocycles. The number of hydrogen-bond acceptors (Lipinski definition) is 8. The number of nitrogens with two attached hydrogens (primary N) is 2. The molecule has 0 bridgehead atoms. The number of pyridine rings is 1. The molecule has 0 unspecified atom stereocenters. The molecule has 0 aliphatic rings. The standard InChI is InChI=1S/C31H29N7O4/c1-5-25(40)37-21-9-6-18(7-10-21)28-26(27-29(38(28)3)20(15-24(32)39)16-35-30(27)33)19-8-11-22(23(14-19)41-4)42-31-34-13-12-17(2)36-31/h5-14,16H,1,15H2,2-4H3,(H2,32,39)(H2,33,35)(H,37,40). The van der Waals surface area contributed by atoms with Crippen LogP contribution in [0.15, 0.2) is 73.6 Å². The van der Waals surface area contributed by atoms with Crippen LogP contribution in [0.25, 0.3) is 33.3 Å². The summed E-state index contributed by atoms with van der Waals surface area (Å²) < 4.78 is 13.6. The second kappa shape index (κ2) is 11.4. The first kappa shape index (κ1) is 27.8. The summed E-state index contributed by atoms with van der Waals surface area (Å²) in [6, 6.07) is 14.8. The number of nitrogens with zero attached hydrogens (tertiary/aromatic N) is 4. The smallest absolute Gasteiger partial charge is 0.322 e. The van der Waals surface area contributed by atoms with Gasteiger partial charge in [0.25, 0.3) is 0 Å². The monoisotopic (exact) mass is 563 g/mol. The van der Waals surface area contributed by atoms with Gasteiger partial charge in [-0.3, -0.25) is 9.59 Å². The van der Waals surface area contributed by atoms with Crippen molar-refractivity contribution in [2.45, 2.75) is 13.3 Å². The lowest BCUT2D eigenvalue weighted by molar-refractivity contribution is -0.117. The van der Waals surface area contributed by atoms with Gasteiger partial charge in [0, 0.05) is 41.9 Å². The Kier molecular flexibility index (Phi) is 7.57. The molecule has 0 aliphatic carbocycles. The molecule has 3 aromatic heterocycles. The van der Waals surface area contributed by atoms with Crippen molar-refractivity contribution in [2.24, 2.45) is 12.8 Å². The van der Waals surface area contributed by atoms with Crippen LogP contribution in [0.3, 0.4) is 0 Å². The third-order valence-corrected chi connectivity index (χ3v) is 6.72. The third kappa shape index (κ3) is 5.35. The lowest BCUT2D eigenvalue weighted by Crippen LogP contribution is -2.14. The van der Waals surface area contributed by atoms with Crippen molar-refractivity contribution < 1.29 is 19.1 Å². The Labute approximate surface area is 241 Å². The summed E-state index contributed by atoms with van der Waals surface area (Å²) >= 11 is 0. The SMILES string of the molecule is C=CC(=O)Nc1ccc(-c2c(-c3ccc(Oc4nccc(C)n4)c(OC)c3)c3c(N)ncc(CC(N)=O)c3n2C)cc1. The van der Waals surface area contributed by atoms with Gasteiger partial charge in [0.1, 0.15) is 5.82 Å². The van der Waals surface area contributed by atoms with Crippen LogP contribution in [-0.4, -0.2) is 38.4 Å². The maximum Gasteiger partial charge on any atom is 0.322 e. The minimum Gasteiger partial charge on any atom is -0.493 e. The quantitative estimate of drug-likeness (QED) is 0.220. The van der Waals surface area contributed by atoms with E-state index in [1.807, 2.05) is 42.8 Å². The Balaban J connectivity index is 1.72. The largest absolute Gasteiger partial charge is 0.493 e. The first-order chi connectivity index (χ1) is 20.2. The van der Waals surface area contributed by atoms with E-state index in [4.69, 9.17) is 20.9 Å². The van der Waals surface area contributed by atoms with Gasteiger partial charge < -0.3 is 30.8 Å². The number of carbonyl (C=O) groups is 2. The molecule has 42 heavy (non-hydrogen) atoms. The molecule has 5 rings (SSSR count). The van der Waals surface area contributed by atoms with Crippen molar-refractivity contribution in [2.75, 3.05) is 18.2 Å². The number of methoxy groups -OCH3 is 1. The van der Waals surface area contributed by atoms with E-state index >= 15 is 0 Å². The van der Waals surface area contributed by atoms with Gasteiger partial charge in [-0.2, -0.15) is 0 Å². The van der Waals surface area contributed by atoms with Crippen molar-refractivity contribution in [3.63, 3.8) is 0 Å². The van der Waals surface area contributed by atoms with E-state index in [1.54, 1.807) is 43.8 Å². The molecule has 2 aromatic carbocycles. The van der Waals surface area contributed by atoms with Gasteiger partial charge in [0.15, 0.2) is 11.5 Å². The molecule has 0 fully saturated rings. The molecular weight excluding hydrogens is 534 g/mol. The molecule has 0 atom stereocenters. The molecule has 0 spiro atoms. The number of fused-ring (bicyclic) bond motifs is 1. The minimum atomic E-state index is -0.490. The first-order valence-corrected chi connectivity index (χ1v) is 12.9. The summed E-state index contributed by atoms with van der Waals surface area (Å²) in [5.74, 6) is 0.362. The summed E-state index contributed by atoms with van der Waals surface area (Å²) in [7, 11) is 3.44. The van der Waals surface area contributed by atoms with Gasteiger partial charge in [-0.15, -0.1) is 0 Å². The van der Waals surface area contributed by atoms with E-state index in [2.05, 4.69) is 26.8 Å². The summed E-state index contributed by atoms with van der Waals surface area (Å²) in [6.07, 6.45) is 4.38. The number of carbonyl (C=O) groups excluding carboxylic acids is 2. The normalized spacial score (nSPS) is 10.8. The summed E-state index contributed by atoms with van der Waals surface area (Å²) in [5.41, 5.74) is 18.0. The molecule has 0 aliphatic heterocycles. The molecule has 11 heteroatoms. The van der Waals surface area contributed by atoms with E-state index in [9.17, 15) is 9.59 Å². The van der Waals surface area contributed by atoms with Crippen LogP contribution in [0.1, 0.15) is 11.3 Å². The number of rotatable bonds is 9. The van der Waals surface area contributed by atoms with Gasteiger partial charge >= 0.3 is 6.01 Å². The molecule has 5 N–H and O–H groups in total. The minimum absolute atomic E-state index is 0.0143. The van der Waals surface area contributed by atoms with Crippen LogP contribution in [0.5, 0.6) is 17.5 Å². The lowest BCUT2D eigenvalue weighted by atomic mass is 9.97. The first-order valence-electron chi connectivity index (χ1n) is 12.9. The highest BCUT2D eigenvalue weighted by Gasteiger charge is 2.25. The highest BCUT2D eigenvalue weighted by Crippen LogP contribution is 2.45. The van der Waals surface area contributed by atoms with Crippen LogP contribution in [0.2, 0.25) is 0 Å². The molecule has 5 aromatic rings. The maximum atomic E-state index is 12.0. The van der Waals surface area contributed by atoms with Crippen LogP contribution < -0.4 is 26.3 Å². The average Bonchev–Trinajstić information content (AvgIpc) is 3.28. The Morgan fingerprint density at radius 1 is 1.07 bits per heavy atom. The molecule has 212 valence electrons. The van der Waals surface area contributed by atoms with Crippen LogP contribution in [0.4, 0.5) is 11.5 Å². The number of nitrogens with one attached hydrogen (secondary N) is 1. The fourth-order valence-electron chi connectivity index (χ4n) is 4.90. The number of primary amides is 1. The Morgan fingerprint density at radius 2 is 1.81 bits per heavy atom. The van der Waals surface area contributed by atoms with Crippen LogP contribution >= 0.6 is 0 Å². The predicted molar refractivity (Wildman–Crippen MR) is 161 cm³/mol. The number of amides is 2. The number of anilines is 2. The zero-order valence-electron chi connectivity index (χ0n) is 23.3. The number of hydrogen-bond donors (Lipinski definition) is 3. The Bertz CT molecular complexity index is 1850. The van der Waals surface area contributed by atoms with Crippen molar-refractivity contribution in [1.29, 1.82) is 0 Å². The maximum absolute atomic E-state index is 12.0. The number of aryl methyl sites for hydroxylation is 2. The van der Waals surface area contributed by atoms with Crippen LogP contribution in [-0.2, 0) is 23.1 Å². The molecule has 11 nitrogen and oxygen atoms in total. The average molecular weight is 564 g/mol. The molecular formula is C31H29N7O4. The summed E-state index contributed by atoms with van der Waals surface area (Å²) in [6.45, 7) is 5.34. The predicted octanol–water partition coefficient (Wildman–Crippen LogP) is 4.54. The zero-order chi connectivity index (χ0) is 30.0. The van der Waals surface area contributed by atoms with E-state index in [0.717, 1.165) is 33.6 Å². The Morgan fingerprint density at radius 3 is 2.48 bits per heavy atom. The van der Waals surface area contributed by atoms with Crippen molar-refractivity contribution in [3.05, 3.63) is 84.8 Å². The summed E-state index contributed by atoms with van der Waals surface area (Å²) in [5, 5.41) is 3.42. The zero-order valence-corrected chi connectivity index (χ0v) is 23.3. The van der Waals surface area contributed by atoms with Gasteiger partial charge in [0.05, 0.1) is 30.1 Å². The van der Waals surface area contributed by atoms with Crippen molar-refractivity contribution >= 4 is 34.2 Å². The number of aromatic nitrogens is 4. The second-order valence-electron chi connectivity index (χ2n) is 9.54. The summed E-state index contributed by atoms with van der Waals surface area (Å²) in [4.78, 5) is 36.7. The topological polar surface area (TPSA) is 160 Å². The highest BCUT2D eigenvalue weighted by molar-refractivity contribution is 6.11. The van der Waals surface area contributed by atoms with E-state index in [-0.39, 0.29) is 24.2 Å². The number of benzene rings is 2. The van der Waals surface area contributed by atoms with Gasteiger partial charge in [0.2, 0.25) is 11.8 Å². The lowest BCUT2D eigenvalue weighted by Gasteiger charge is -2.13. The van der Waals surface area contributed by atoms with Gasteiger partial charge in [-0.05, 0) is 54.5 Å². The van der Waals surface area contributed by atoms with Crippen molar-refractivity contribution in [1.82, 2.24) is 19.5 Å². The van der Waals surface area contributed by atoms with E-state index in [1.165, 1.54) is 6.08 Å². The molecule has 3 heterocycles.